The number of methoxy groups -OCH3 is 1. The van der Waals surface area contributed by atoms with Crippen LogP contribution in [0, 0.1) is 0 Å². The minimum Gasteiger partial charge on any atom is -0.497 e. The van der Waals surface area contributed by atoms with E-state index >= 15 is 0 Å². The van der Waals surface area contributed by atoms with E-state index in [1.165, 1.54) is 7.11 Å². The van der Waals surface area contributed by atoms with Gasteiger partial charge in [0.15, 0.2) is 6.10 Å². The fraction of sp³-hybridized carbons (Fsp3) is 0.300. The van der Waals surface area contributed by atoms with Gasteiger partial charge in [0.1, 0.15) is 5.75 Å². The lowest BCUT2D eigenvalue weighted by Crippen LogP contribution is -2.33. The zero-order valence-corrected chi connectivity index (χ0v) is 8.25. The molecule has 0 aromatic heterocycles. The zero-order chi connectivity index (χ0) is 11.4. The molecule has 0 spiro atoms. The van der Waals surface area contributed by atoms with E-state index in [1.807, 2.05) is 0 Å². The molecule has 15 heavy (non-hydrogen) atoms. The van der Waals surface area contributed by atoms with Crippen LogP contribution in [0.25, 0.3) is 0 Å². The highest BCUT2D eigenvalue weighted by Gasteiger charge is 2.23. The number of carboxylic acids is 1. The van der Waals surface area contributed by atoms with E-state index in [0.717, 1.165) is 0 Å². The van der Waals surface area contributed by atoms with Crippen molar-refractivity contribution >= 4 is 5.97 Å². The Morgan fingerprint density at radius 1 is 1.40 bits per heavy atom. The monoisotopic (exact) mass is 211 g/mol. The molecule has 0 radical (unpaired) electrons. The van der Waals surface area contributed by atoms with E-state index in [0.29, 0.717) is 11.3 Å². The highest BCUT2D eigenvalue weighted by molar-refractivity contribution is 5.73. The van der Waals surface area contributed by atoms with E-state index in [4.69, 9.17) is 15.6 Å². The Hall–Kier alpha value is -1.59. The Bertz CT molecular complexity index is 336. The molecule has 5 heteroatoms. The van der Waals surface area contributed by atoms with Gasteiger partial charge in [0.2, 0.25) is 0 Å². The average Bonchev–Trinajstić information content (AvgIpc) is 2.27. The van der Waals surface area contributed by atoms with Crippen LogP contribution < -0.4 is 10.5 Å². The first kappa shape index (κ1) is 11.5. The molecule has 2 unspecified atom stereocenters. The molecule has 0 saturated heterocycles. The molecule has 0 heterocycles. The van der Waals surface area contributed by atoms with Crippen LogP contribution in [0.3, 0.4) is 0 Å². The molecule has 0 aliphatic heterocycles. The van der Waals surface area contributed by atoms with Gasteiger partial charge in [-0.05, 0) is 17.7 Å². The maximum atomic E-state index is 10.5. The molecule has 2 atom stereocenters. The number of aliphatic hydroxyl groups excluding tert-OH is 1. The second-order valence-corrected chi connectivity index (χ2v) is 3.08. The maximum absolute atomic E-state index is 10.5. The van der Waals surface area contributed by atoms with Crippen LogP contribution in [0.1, 0.15) is 11.6 Å². The number of hydrogen-bond acceptors (Lipinski definition) is 4. The van der Waals surface area contributed by atoms with Gasteiger partial charge in [-0.2, -0.15) is 0 Å². The number of nitrogens with two attached hydrogens (primary N) is 1. The summed E-state index contributed by atoms with van der Waals surface area (Å²) in [4.78, 5) is 10.5. The van der Waals surface area contributed by atoms with E-state index in [1.54, 1.807) is 24.3 Å². The summed E-state index contributed by atoms with van der Waals surface area (Å²) in [5.41, 5.74) is 6.11. The molecule has 1 aromatic rings. The molecule has 1 aromatic carbocycles. The van der Waals surface area contributed by atoms with E-state index in [2.05, 4.69) is 0 Å². The van der Waals surface area contributed by atoms with Crippen molar-refractivity contribution in [3.8, 4) is 5.75 Å². The van der Waals surface area contributed by atoms with Crippen LogP contribution in [-0.2, 0) is 4.79 Å². The lowest BCUT2D eigenvalue weighted by atomic mass is 10.0. The summed E-state index contributed by atoms with van der Waals surface area (Å²) in [6.45, 7) is 0. The molecule has 1 rings (SSSR count). The van der Waals surface area contributed by atoms with Crippen LogP contribution >= 0.6 is 0 Å². The van der Waals surface area contributed by atoms with Gasteiger partial charge in [-0.3, -0.25) is 0 Å². The number of aliphatic carboxylic acids is 1. The summed E-state index contributed by atoms with van der Waals surface area (Å²) in [5, 5.41) is 17.8. The molecule has 0 amide bonds. The molecular weight excluding hydrogens is 198 g/mol. The molecule has 0 bridgehead atoms. The van der Waals surface area contributed by atoms with Crippen LogP contribution in [-0.4, -0.2) is 29.4 Å². The minimum atomic E-state index is -1.60. The summed E-state index contributed by atoms with van der Waals surface area (Å²) in [6.07, 6.45) is -1.60. The lowest BCUT2D eigenvalue weighted by Gasteiger charge is -2.15. The first-order valence-electron chi connectivity index (χ1n) is 4.36. The van der Waals surface area contributed by atoms with Crippen molar-refractivity contribution in [2.45, 2.75) is 12.1 Å². The predicted molar refractivity (Wildman–Crippen MR) is 53.6 cm³/mol. The first-order valence-corrected chi connectivity index (χ1v) is 4.36. The summed E-state index contributed by atoms with van der Waals surface area (Å²) in [6, 6.07) is 5.62. The van der Waals surface area contributed by atoms with Gasteiger partial charge in [-0.25, -0.2) is 4.79 Å². The average molecular weight is 211 g/mol. The molecular formula is C10H13NO4. The van der Waals surface area contributed by atoms with Crippen molar-refractivity contribution in [2.24, 2.45) is 5.73 Å². The Balaban J connectivity index is 2.82. The summed E-state index contributed by atoms with van der Waals surface area (Å²) in [5.74, 6) is -0.686. The summed E-state index contributed by atoms with van der Waals surface area (Å²) in [7, 11) is 1.53. The highest BCUT2D eigenvalue weighted by atomic mass is 16.5. The number of ether oxygens (including phenoxy) is 1. The van der Waals surface area contributed by atoms with Crippen molar-refractivity contribution in [2.75, 3.05) is 7.11 Å². The second kappa shape index (κ2) is 4.77. The van der Waals surface area contributed by atoms with Gasteiger partial charge in [0.05, 0.1) is 13.2 Å². The van der Waals surface area contributed by atoms with Crippen molar-refractivity contribution in [3.05, 3.63) is 29.8 Å². The predicted octanol–water partition coefficient (Wildman–Crippen LogP) is 0.140. The SMILES string of the molecule is COc1ccc(C(N)C(O)C(=O)O)cc1. The lowest BCUT2D eigenvalue weighted by molar-refractivity contribution is -0.147. The van der Waals surface area contributed by atoms with Gasteiger partial charge in [-0.15, -0.1) is 0 Å². The maximum Gasteiger partial charge on any atom is 0.334 e. The molecule has 5 nitrogen and oxygen atoms in total. The van der Waals surface area contributed by atoms with Crippen molar-refractivity contribution in [1.29, 1.82) is 0 Å². The highest BCUT2D eigenvalue weighted by Crippen LogP contribution is 2.18. The van der Waals surface area contributed by atoms with E-state index in [-0.39, 0.29) is 0 Å². The summed E-state index contributed by atoms with van der Waals surface area (Å²) >= 11 is 0. The van der Waals surface area contributed by atoms with Crippen molar-refractivity contribution in [1.82, 2.24) is 0 Å². The Morgan fingerprint density at radius 2 is 1.93 bits per heavy atom. The number of rotatable bonds is 4. The number of hydrogen-bond donors (Lipinski definition) is 3. The Labute approximate surface area is 87.1 Å². The van der Waals surface area contributed by atoms with Gasteiger partial charge in [0, 0.05) is 0 Å². The Morgan fingerprint density at radius 3 is 2.33 bits per heavy atom. The van der Waals surface area contributed by atoms with Gasteiger partial charge < -0.3 is 20.7 Å². The molecule has 0 aliphatic carbocycles. The molecule has 0 fully saturated rings. The number of carboxylic acid groups (broad SMARTS) is 1. The van der Waals surface area contributed by atoms with Gasteiger partial charge in [-0.1, -0.05) is 12.1 Å². The quantitative estimate of drug-likeness (QED) is 0.658. The van der Waals surface area contributed by atoms with Crippen LogP contribution in [0.2, 0.25) is 0 Å². The number of benzene rings is 1. The number of aliphatic hydroxyl groups is 1. The first-order chi connectivity index (χ1) is 7.06. The van der Waals surface area contributed by atoms with Crippen molar-refractivity contribution in [3.63, 3.8) is 0 Å². The molecule has 82 valence electrons. The zero-order valence-electron chi connectivity index (χ0n) is 8.25. The number of carbonyl (C=O) groups is 1. The van der Waals surface area contributed by atoms with Crippen LogP contribution in [0.15, 0.2) is 24.3 Å². The minimum absolute atomic E-state index is 0.547. The largest absolute Gasteiger partial charge is 0.497 e. The van der Waals surface area contributed by atoms with E-state index < -0.39 is 18.1 Å². The van der Waals surface area contributed by atoms with Crippen molar-refractivity contribution < 1.29 is 19.7 Å². The fourth-order valence-corrected chi connectivity index (χ4v) is 1.16. The van der Waals surface area contributed by atoms with E-state index in [9.17, 15) is 9.90 Å². The third-order valence-corrected chi connectivity index (χ3v) is 2.09. The van der Waals surface area contributed by atoms with Crippen LogP contribution in [0.5, 0.6) is 5.75 Å². The molecule has 0 aliphatic rings. The summed E-state index contributed by atoms with van der Waals surface area (Å²) < 4.78 is 4.94. The smallest absolute Gasteiger partial charge is 0.334 e. The third kappa shape index (κ3) is 2.68. The Kier molecular flexibility index (Phi) is 3.65. The van der Waals surface area contributed by atoms with Gasteiger partial charge in [0.25, 0.3) is 0 Å². The topological polar surface area (TPSA) is 92.8 Å². The normalized spacial score (nSPS) is 14.3. The molecule has 0 saturated carbocycles. The standard InChI is InChI=1S/C10H13NO4/c1-15-7-4-2-6(3-5-7)8(11)9(12)10(13)14/h2-5,8-9,12H,11H2,1H3,(H,13,14). The van der Waals surface area contributed by atoms with Crippen LogP contribution in [0.4, 0.5) is 0 Å². The van der Waals surface area contributed by atoms with Gasteiger partial charge >= 0.3 is 5.97 Å². The fourth-order valence-electron chi connectivity index (χ4n) is 1.16. The third-order valence-electron chi connectivity index (χ3n) is 2.09. The molecule has 4 N–H and O–H groups in total. The second-order valence-electron chi connectivity index (χ2n) is 3.08.